The Bertz CT molecular complexity index is 147. The van der Waals surface area contributed by atoms with Gasteiger partial charge >= 0.3 is 0 Å². The third-order valence-corrected chi connectivity index (χ3v) is 7.05. The summed E-state index contributed by atoms with van der Waals surface area (Å²) in [6.07, 6.45) is 7.17. The van der Waals surface area contributed by atoms with Crippen LogP contribution in [-0.2, 0) is 4.74 Å². The molecule has 0 N–H and O–H groups in total. The first-order chi connectivity index (χ1) is 7.36. The molecule has 15 heavy (non-hydrogen) atoms. The molecular weight excluding hydrogens is 268 g/mol. The molecule has 0 atom stereocenters. The van der Waals surface area contributed by atoms with E-state index in [9.17, 15) is 0 Å². The van der Waals surface area contributed by atoms with E-state index in [1.54, 1.807) is 12.1 Å². The van der Waals surface area contributed by atoms with Crippen molar-refractivity contribution in [3.05, 3.63) is 0 Å². The summed E-state index contributed by atoms with van der Waals surface area (Å²) < 4.78 is 5.12. The van der Waals surface area contributed by atoms with Crippen molar-refractivity contribution in [1.82, 2.24) is 0 Å². The van der Waals surface area contributed by atoms with Gasteiger partial charge in [-0.25, -0.2) is 0 Å². The van der Waals surface area contributed by atoms with E-state index in [-0.39, 0.29) is 8.80 Å². The summed E-state index contributed by atoms with van der Waals surface area (Å²) in [7, 11) is 1.84. The zero-order valence-corrected chi connectivity index (χ0v) is 12.5. The smallest absolute Gasteiger partial charge is 0.0480 e. The van der Waals surface area contributed by atoms with Gasteiger partial charge < -0.3 is 4.74 Å². The minimum absolute atomic E-state index is 0.0307. The van der Waals surface area contributed by atoms with Crippen LogP contribution in [0.25, 0.3) is 0 Å². The molecular formula is C12H24BrOSi. The van der Waals surface area contributed by atoms with Crippen molar-refractivity contribution >= 4 is 24.7 Å². The molecule has 0 aliphatic carbocycles. The van der Waals surface area contributed by atoms with Gasteiger partial charge in [-0.3, -0.25) is 0 Å². The lowest BCUT2D eigenvalue weighted by Gasteiger charge is -2.27. The second kappa shape index (κ2) is 8.77. The fourth-order valence-corrected chi connectivity index (χ4v) is 5.81. The van der Waals surface area contributed by atoms with Crippen LogP contribution >= 0.6 is 15.9 Å². The number of ether oxygens (including phenoxy) is 1. The Kier molecular flexibility index (Phi) is 8.02. The van der Waals surface area contributed by atoms with Gasteiger partial charge in [0.25, 0.3) is 0 Å². The minimum atomic E-state index is 0.0307. The number of rotatable bonds is 7. The third kappa shape index (κ3) is 6.08. The lowest BCUT2D eigenvalue weighted by atomic mass is 9.97. The van der Waals surface area contributed by atoms with Crippen molar-refractivity contribution in [2.45, 2.75) is 50.2 Å². The summed E-state index contributed by atoms with van der Waals surface area (Å²) in [6, 6.07) is 4.63. The Morgan fingerprint density at radius 1 is 1.27 bits per heavy atom. The molecule has 1 nitrogen and oxygen atoms in total. The van der Waals surface area contributed by atoms with Crippen molar-refractivity contribution in [2.75, 3.05) is 19.0 Å². The van der Waals surface area contributed by atoms with E-state index in [1.165, 1.54) is 43.5 Å². The zero-order valence-electron chi connectivity index (χ0n) is 9.93. The Balaban J connectivity index is 2.02. The van der Waals surface area contributed by atoms with E-state index in [0.717, 1.165) is 12.5 Å². The van der Waals surface area contributed by atoms with Crippen molar-refractivity contribution in [1.29, 1.82) is 0 Å². The maximum atomic E-state index is 5.12. The lowest BCUT2D eigenvalue weighted by molar-refractivity contribution is 0.199. The van der Waals surface area contributed by atoms with Gasteiger partial charge in [0, 0.05) is 27.8 Å². The molecule has 0 amide bonds. The highest BCUT2D eigenvalue weighted by molar-refractivity contribution is 9.09. The van der Waals surface area contributed by atoms with Gasteiger partial charge in [-0.15, -0.1) is 0 Å². The lowest BCUT2D eigenvalue weighted by Crippen LogP contribution is -2.21. The monoisotopic (exact) mass is 291 g/mol. The van der Waals surface area contributed by atoms with Crippen LogP contribution < -0.4 is 0 Å². The SMILES string of the molecule is COCCC[Si]1CCC(CCCBr)CC1. The number of alkyl halides is 1. The average molecular weight is 292 g/mol. The molecule has 0 aromatic carbocycles. The van der Waals surface area contributed by atoms with Crippen LogP contribution in [0.3, 0.4) is 0 Å². The van der Waals surface area contributed by atoms with Gasteiger partial charge in [-0.2, -0.15) is 0 Å². The first-order valence-electron chi connectivity index (χ1n) is 6.25. The van der Waals surface area contributed by atoms with Gasteiger partial charge in [-0.05, 0) is 25.2 Å². The summed E-state index contributed by atoms with van der Waals surface area (Å²) >= 11 is 3.52. The molecule has 0 aromatic rings. The van der Waals surface area contributed by atoms with Gasteiger partial charge in [0.05, 0.1) is 0 Å². The molecule has 0 bridgehead atoms. The van der Waals surface area contributed by atoms with E-state index < -0.39 is 0 Å². The van der Waals surface area contributed by atoms with E-state index in [1.807, 2.05) is 7.11 Å². The highest BCUT2D eigenvalue weighted by Crippen LogP contribution is 2.30. The quantitative estimate of drug-likeness (QED) is 0.390. The molecule has 1 heterocycles. The first kappa shape index (κ1) is 13.7. The second-order valence-corrected chi connectivity index (χ2v) is 8.41. The summed E-state index contributed by atoms with van der Waals surface area (Å²) in [6.45, 7) is 0.973. The van der Waals surface area contributed by atoms with Crippen LogP contribution in [0.5, 0.6) is 0 Å². The molecule has 0 unspecified atom stereocenters. The maximum Gasteiger partial charge on any atom is 0.0480 e. The molecule has 1 aliphatic rings. The molecule has 89 valence electrons. The van der Waals surface area contributed by atoms with Gasteiger partial charge in [0.2, 0.25) is 0 Å². The van der Waals surface area contributed by atoms with E-state index in [4.69, 9.17) is 4.74 Å². The third-order valence-electron chi connectivity index (χ3n) is 3.44. The topological polar surface area (TPSA) is 9.23 Å². The molecule has 0 saturated carbocycles. The normalized spacial score (nSPS) is 19.6. The summed E-state index contributed by atoms with van der Waals surface area (Å²) in [5, 5.41) is 1.19. The van der Waals surface area contributed by atoms with Crippen molar-refractivity contribution < 1.29 is 4.74 Å². The largest absolute Gasteiger partial charge is 0.385 e. The Morgan fingerprint density at radius 2 is 2.00 bits per heavy atom. The van der Waals surface area contributed by atoms with Crippen LogP contribution in [-0.4, -0.2) is 27.8 Å². The van der Waals surface area contributed by atoms with Crippen LogP contribution in [0.2, 0.25) is 18.1 Å². The number of hydrogen-bond donors (Lipinski definition) is 0. The molecule has 1 aliphatic heterocycles. The summed E-state index contributed by atoms with van der Waals surface area (Å²) in [4.78, 5) is 0. The van der Waals surface area contributed by atoms with Gasteiger partial charge in [0.15, 0.2) is 0 Å². The summed E-state index contributed by atoms with van der Waals surface area (Å²) in [5.41, 5.74) is 0. The molecule has 1 radical (unpaired) electrons. The molecule has 1 saturated heterocycles. The van der Waals surface area contributed by atoms with E-state index in [0.29, 0.717) is 0 Å². The fourth-order valence-electron chi connectivity index (χ4n) is 2.46. The predicted octanol–water partition coefficient (Wildman–Crippen LogP) is 4.10. The van der Waals surface area contributed by atoms with Crippen LogP contribution in [0.15, 0.2) is 0 Å². The van der Waals surface area contributed by atoms with Crippen molar-refractivity contribution in [3.63, 3.8) is 0 Å². The van der Waals surface area contributed by atoms with E-state index in [2.05, 4.69) is 15.9 Å². The van der Waals surface area contributed by atoms with Crippen LogP contribution in [0, 0.1) is 5.92 Å². The molecule has 0 aromatic heterocycles. The standard InChI is InChI=1S/C12H24BrOSi/c1-14-8-3-9-15-10-5-12(6-11-15)4-2-7-13/h12H,2-11H2,1H3. The van der Waals surface area contributed by atoms with Crippen LogP contribution in [0.1, 0.15) is 32.1 Å². The zero-order chi connectivity index (χ0) is 10.9. The molecule has 3 heteroatoms. The van der Waals surface area contributed by atoms with Crippen molar-refractivity contribution in [3.8, 4) is 0 Å². The Morgan fingerprint density at radius 3 is 2.60 bits per heavy atom. The number of halogens is 1. The number of methoxy groups -OCH3 is 1. The van der Waals surface area contributed by atoms with E-state index >= 15 is 0 Å². The number of hydrogen-bond acceptors (Lipinski definition) is 1. The second-order valence-electron chi connectivity index (χ2n) is 4.62. The Hall–Kier alpha value is 0.657. The average Bonchev–Trinajstić information content (AvgIpc) is 2.28. The summed E-state index contributed by atoms with van der Waals surface area (Å²) in [5.74, 6) is 1.05. The fraction of sp³-hybridized carbons (Fsp3) is 1.00. The molecule has 0 spiro atoms. The van der Waals surface area contributed by atoms with Crippen LogP contribution in [0.4, 0.5) is 0 Å². The maximum absolute atomic E-state index is 5.12. The molecule has 1 fully saturated rings. The van der Waals surface area contributed by atoms with Gasteiger partial charge in [-0.1, -0.05) is 46.9 Å². The highest BCUT2D eigenvalue weighted by atomic mass is 79.9. The first-order valence-corrected chi connectivity index (χ1v) is 9.49. The van der Waals surface area contributed by atoms with Crippen molar-refractivity contribution in [2.24, 2.45) is 5.92 Å². The highest BCUT2D eigenvalue weighted by Gasteiger charge is 2.21. The Labute approximate surface area is 105 Å². The minimum Gasteiger partial charge on any atom is -0.385 e. The molecule has 1 rings (SSSR count). The predicted molar refractivity (Wildman–Crippen MR) is 72.4 cm³/mol. The van der Waals surface area contributed by atoms with Gasteiger partial charge in [0.1, 0.15) is 0 Å².